The van der Waals surface area contributed by atoms with Crippen LogP contribution in [0.5, 0.6) is 0 Å². The van der Waals surface area contributed by atoms with Gasteiger partial charge in [-0.05, 0) is 6.42 Å². The van der Waals surface area contributed by atoms with Crippen LogP contribution >= 0.6 is 0 Å². The van der Waals surface area contributed by atoms with E-state index in [4.69, 9.17) is 0 Å². The van der Waals surface area contributed by atoms with Gasteiger partial charge in [0.25, 0.3) is 0 Å². The predicted octanol–water partition coefficient (Wildman–Crippen LogP) is 4.61. The van der Waals surface area contributed by atoms with Gasteiger partial charge in [-0.25, -0.2) is 0 Å². The lowest BCUT2D eigenvalue weighted by atomic mass is 10.1. The third kappa shape index (κ3) is 13.0. The summed E-state index contributed by atoms with van der Waals surface area (Å²) in [6.07, 6.45) is 13.1. The van der Waals surface area contributed by atoms with Crippen molar-refractivity contribution in [2.24, 2.45) is 0 Å². The first kappa shape index (κ1) is 20.6. The number of unbranched alkanes of at least 4 members (excludes halogenated alkanes) is 9. The highest BCUT2D eigenvalue weighted by Crippen LogP contribution is 2.12. The van der Waals surface area contributed by atoms with Crippen LogP contribution in [-0.2, 0) is 20.3 Å². The summed E-state index contributed by atoms with van der Waals surface area (Å²) >= 11 is 0. The van der Waals surface area contributed by atoms with E-state index in [2.05, 4.69) is 11.7 Å². The normalized spacial score (nSPS) is 13.9. The van der Waals surface area contributed by atoms with Crippen molar-refractivity contribution in [1.82, 2.24) is 0 Å². The van der Waals surface area contributed by atoms with Crippen molar-refractivity contribution in [2.45, 2.75) is 89.7 Å². The number of rotatable bonds is 14. The lowest BCUT2D eigenvalue weighted by molar-refractivity contribution is -0.140. The summed E-state index contributed by atoms with van der Waals surface area (Å²) in [6.45, 7) is 4.11. The van der Waals surface area contributed by atoms with Crippen molar-refractivity contribution in [3.8, 4) is 0 Å². The Hall–Kier alpha value is -0.380. The van der Waals surface area contributed by atoms with Crippen LogP contribution in [-0.4, -0.2) is 28.3 Å². The molecule has 0 saturated heterocycles. The molecule has 0 N–H and O–H groups in total. The zero-order valence-electron chi connectivity index (χ0n) is 14.2. The van der Waals surface area contributed by atoms with Gasteiger partial charge < -0.3 is 4.74 Å². The topological polar surface area (TPSA) is 43.4 Å². The molecule has 0 aromatic heterocycles. The minimum absolute atomic E-state index is 0.0870. The number of hydrogen-bond acceptors (Lipinski definition) is 3. The molecule has 0 bridgehead atoms. The minimum atomic E-state index is -0.900. The van der Waals surface area contributed by atoms with Crippen LogP contribution < -0.4 is 0 Å². The number of ether oxygens (including phenoxy) is 1. The highest BCUT2D eigenvalue weighted by molar-refractivity contribution is 7.85. The van der Waals surface area contributed by atoms with E-state index < -0.39 is 10.8 Å². The second-order valence-corrected chi connectivity index (χ2v) is 7.83. The summed E-state index contributed by atoms with van der Waals surface area (Å²) in [6, 6.07) is 0. The van der Waals surface area contributed by atoms with Gasteiger partial charge in [0, 0.05) is 21.8 Å². The van der Waals surface area contributed by atoms with E-state index in [9.17, 15) is 9.00 Å². The summed E-state index contributed by atoms with van der Waals surface area (Å²) < 4.78 is 16.5. The Morgan fingerprint density at radius 2 is 1.43 bits per heavy atom. The maximum Gasteiger partial charge on any atom is 0.306 e. The monoisotopic (exact) mass is 318 g/mol. The fourth-order valence-electron chi connectivity index (χ4n) is 2.34. The third-order valence-electron chi connectivity index (χ3n) is 3.83. The van der Waals surface area contributed by atoms with E-state index in [1.54, 1.807) is 0 Å². The van der Waals surface area contributed by atoms with Gasteiger partial charge in [0.2, 0.25) is 0 Å². The van der Waals surface area contributed by atoms with Crippen LogP contribution in [0.3, 0.4) is 0 Å². The molecule has 2 unspecified atom stereocenters. The van der Waals surface area contributed by atoms with E-state index in [0.717, 1.165) is 12.8 Å². The van der Waals surface area contributed by atoms with Crippen LogP contribution in [0.25, 0.3) is 0 Å². The van der Waals surface area contributed by atoms with Gasteiger partial charge in [-0.1, -0.05) is 71.6 Å². The van der Waals surface area contributed by atoms with E-state index >= 15 is 0 Å². The summed E-state index contributed by atoms with van der Waals surface area (Å²) in [5, 5.41) is -0.0870. The Bertz CT molecular complexity index is 279. The Balaban J connectivity index is 3.38. The zero-order valence-corrected chi connectivity index (χ0v) is 15.0. The van der Waals surface area contributed by atoms with Crippen LogP contribution in [0, 0.1) is 0 Å². The molecule has 2 atom stereocenters. The van der Waals surface area contributed by atoms with E-state index in [1.807, 2.05) is 6.92 Å². The van der Waals surface area contributed by atoms with Gasteiger partial charge in [0.15, 0.2) is 0 Å². The van der Waals surface area contributed by atoms with Crippen molar-refractivity contribution < 1.29 is 13.7 Å². The van der Waals surface area contributed by atoms with E-state index in [1.165, 1.54) is 58.5 Å². The molecule has 0 rings (SSSR count). The van der Waals surface area contributed by atoms with Crippen molar-refractivity contribution in [3.63, 3.8) is 0 Å². The standard InChI is InChI=1S/C17H34O3S/c1-4-5-6-7-8-9-10-11-12-13-14-21(19)16(2)15-17(18)20-3/h16H,4-15H2,1-3H3. The SMILES string of the molecule is CCCCCCCCCCCCS(=O)C(C)CC(=O)OC. The summed E-state index contributed by atoms with van der Waals surface area (Å²) in [7, 11) is 0.475. The molecule has 3 nitrogen and oxygen atoms in total. The van der Waals surface area contributed by atoms with Gasteiger partial charge in [-0.2, -0.15) is 0 Å². The summed E-state index contributed by atoms with van der Waals surface area (Å²) in [5.41, 5.74) is 0. The molecule has 4 heteroatoms. The zero-order chi connectivity index (χ0) is 15.9. The largest absolute Gasteiger partial charge is 0.469 e. The molecule has 0 spiro atoms. The van der Waals surface area contributed by atoms with Gasteiger partial charge >= 0.3 is 5.97 Å². The Morgan fingerprint density at radius 3 is 1.90 bits per heavy atom. The molecular formula is C17H34O3S. The quantitative estimate of drug-likeness (QED) is 0.347. The number of methoxy groups -OCH3 is 1. The van der Waals surface area contributed by atoms with Crippen molar-refractivity contribution >= 4 is 16.8 Å². The first-order valence-electron chi connectivity index (χ1n) is 8.55. The maximum absolute atomic E-state index is 11.9. The first-order valence-corrected chi connectivity index (χ1v) is 9.94. The minimum Gasteiger partial charge on any atom is -0.469 e. The Labute approximate surface area is 133 Å². The summed E-state index contributed by atoms with van der Waals surface area (Å²) in [5.74, 6) is 0.452. The average molecular weight is 319 g/mol. The van der Waals surface area contributed by atoms with Crippen LogP contribution in [0.1, 0.15) is 84.5 Å². The Morgan fingerprint density at radius 1 is 0.952 bits per heavy atom. The molecule has 0 aliphatic heterocycles. The van der Waals surface area contributed by atoms with E-state index in [-0.39, 0.29) is 17.6 Å². The predicted molar refractivity (Wildman–Crippen MR) is 90.9 cm³/mol. The van der Waals surface area contributed by atoms with E-state index in [0.29, 0.717) is 5.75 Å². The number of carbonyl (C=O) groups excluding carboxylic acids is 1. The highest BCUT2D eigenvalue weighted by atomic mass is 32.2. The van der Waals surface area contributed by atoms with Crippen molar-refractivity contribution in [2.75, 3.05) is 12.9 Å². The molecule has 0 aromatic carbocycles. The molecule has 0 amide bonds. The second-order valence-electron chi connectivity index (χ2n) is 5.86. The molecule has 0 aliphatic rings. The maximum atomic E-state index is 11.9. The molecule has 0 heterocycles. The van der Waals surface area contributed by atoms with Gasteiger partial charge in [-0.15, -0.1) is 0 Å². The molecular weight excluding hydrogens is 284 g/mol. The smallest absolute Gasteiger partial charge is 0.306 e. The van der Waals surface area contributed by atoms with Gasteiger partial charge in [0.05, 0.1) is 13.5 Å². The lowest BCUT2D eigenvalue weighted by Gasteiger charge is -2.09. The number of carbonyl (C=O) groups is 1. The molecule has 0 aliphatic carbocycles. The van der Waals surface area contributed by atoms with Gasteiger partial charge in [0.1, 0.15) is 0 Å². The van der Waals surface area contributed by atoms with Crippen LogP contribution in [0.15, 0.2) is 0 Å². The Kier molecular flexibility index (Phi) is 14.3. The number of esters is 1. The molecule has 21 heavy (non-hydrogen) atoms. The molecule has 0 aromatic rings. The average Bonchev–Trinajstić information content (AvgIpc) is 2.48. The third-order valence-corrected chi connectivity index (χ3v) is 5.58. The summed E-state index contributed by atoms with van der Waals surface area (Å²) in [4.78, 5) is 11.1. The second kappa shape index (κ2) is 14.6. The van der Waals surface area contributed by atoms with Crippen LogP contribution in [0.4, 0.5) is 0 Å². The molecule has 126 valence electrons. The van der Waals surface area contributed by atoms with Crippen molar-refractivity contribution in [1.29, 1.82) is 0 Å². The van der Waals surface area contributed by atoms with Crippen molar-refractivity contribution in [3.05, 3.63) is 0 Å². The lowest BCUT2D eigenvalue weighted by Crippen LogP contribution is -2.19. The molecule has 0 radical (unpaired) electrons. The number of hydrogen-bond donors (Lipinski definition) is 0. The highest BCUT2D eigenvalue weighted by Gasteiger charge is 2.15. The molecule has 0 saturated carbocycles. The fourth-order valence-corrected chi connectivity index (χ4v) is 3.56. The fraction of sp³-hybridized carbons (Fsp3) is 0.941. The molecule has 0 fully saturated rings. The van der Waals surface area contributed by atoms with Crippen LogP contribution in [0.2, 0.25) is 0 Å². The van der Waals surface area contributed by atoms with Gasteiger partial charge in [-0.3, -0.25) is 9.00 Å². The first-order chi connectivity index (χ1) is 10.1.